The second-order valence-electron chi connectivity index (χ2n) is 4.43. The molecular formula is C10H16ClN5O7S. The molecule has 2 amide bonds. The van der Waals surface area contributed by atoms with Crippen LogP contribution in [0.4, 0.5) is 10.6 Å². The van der Waals surface area contributed by atoms with Crippen molar-refractivity contribution in [2.24, 2.45) is 7.05 Å². The van der Waals surface area contributed by atoms with Crippen molar-refractivity contribution >= 4 is 39.6 Å². The monoisotopic (exact) mass is 385 g/mol. The maximum Gasteiger partial charge on any atom is 0.422 e. The molecule has 0 saturated carbocycles. The zero-order valence-electron chi connectivity index (χ0n) is 12.9. The average molecular weight is 386 g/mol. The van der Waals surface area contributed by atoms with E-state index in [1.54, 1.807) is 0 Å². The largest absolute Gasteiger partial charge is 0.452 e. The third-order valence-electron chi connectivity index (χ3n) is 2.36. The van der Waals surface area contributed by atoms with Gasteiger partial charge in [-0.2, -0.15) is 13.5 Å². The number of rotatable bonds is 7. The SMILES string of the molecule is COC(=O)NS(=O)(=O)Nc1c(C(=O)NOCC(C)O)c(Cl)nn1C. The molecule has 14 heteroatoms. The van der Waals surface area contributed by atoms with Gasteiger partial charge >= 0.3 is 16.3 Å². The van der Waals surface area contributed by atoms with Gasteiger partial charge in [-0.1, -0.05) is 11.6 Å². The number of aliphatic hydroxyl groups excluding tert-OH is 1. The Labute approximate surface area is 142 Å². The molecule has 0 aliphatic heterocycles. The molecule has 1 aromatic rings. The Morgan fingerprint density at radius 3 is 2.62 bits per heavy atom. The van der Waals surface area contributed by atoms with Crippen molar-refractivity contribution in [2.75, 3.05) is 18.4 Å². The second kappa shape index (κ2) is 8.14. The van der Waals surface area contributed by atoms with E-state index in [0.717, 1.165) is 11.8 Å². The fourth-order valence-electron chi connectivity index (χ4n) is 1.39. The number of aryl methyl sites for hydroxylation is 1. The first-order valence-electron chi connectivity index (χ1n) is 6.28. The van der Waals surface area contributed by atoms with Crippen molar-refractivity contribution in [1.82, 2.24) is 20.0 Å². The topological polar surface area (TPSA) is 161 Å². The van der Waals surface area contributed by atoms with E-state index in [-0.39, 0.29) is 23.1 Å². The van der Waals surface area contributed by atoms with Crippen molar-refractivity contribution < 1.29 is 32.7 Å². The number of nitrogens with one attached hydrogen (secondary N) is 3. The zero-order chi connectivity index (χ0) is 18.5. The van der Waals surface area contributed by atoms with Gasteiger partial charge in [-0.05, 0) is 6.92 Å². The molecule has 0 bridgehead atoms. The lowest BCUT2D eigenvalue weighted by Crippen LogP contribution is -2.36. The molecule has 0 saturated heterocycles. The van der Waals surface area contributed by atoms with Crippen molar-refractivity contribution in [3.05, 3.63) is 10.7 Å². The smallest absolute Gasteiger partial charge is 0.422 e. The number of nitrogens with zero attached hydrogens (tertiary/aromatic N) is 2. The van der Waals surface area contributed by atoms with Gasteiger partial charge in [0.1, 0.15) is 12.2 Å². The van der Waals surface area contributed by atoms with Gasteiger partial charge in [-0.25, -0.2) is 24.4 Å². The van der Waals surface area contributed by atoms with Crippen LogP contribution in [-0.4, -0.2) is 55.1 Å². The molecule has 0 spiro atoms. The summed E-state index contributed by atoms with van der Waals surface area (Å²) in [5, 5.41) is 12.4. The Kier molecular flexibility index (Phi) is 6.77. The number of anilines is 1. The highest BCUT2D eigenvalue weighted by Gasteiger charge is 2.26. The van der Waals surface area contributed by atoms with Gasteiger partial charge in [-0.15, -0.1) is 0 Å². The van der Waals surface area contributed by atoms with Crippen molar-refractivity contribution in [2.45, 2.75) is 13.0 Å². The van der Waals surface area contributed by atoms with Gasteiger partial charge in [0.25, 0.3) is 5.91 Å². The lowest BCUT2D eigenvalue weighted by atomic mass is 10.3. The Bertz CT molecular complexity index is 717. The number of ether oxygens (including phenoxy) is 1. The standard InChI is InChI=1S/C10H16ClN5O7S/c1-5(17)4-23-13-9(18)6-7(11)12-16(2)8(6)14-24(20,21)15-10(19)22-3/h5,14,17H,4H2,1-3H3,(H,13,18)(H,15,19). The maximum absolute atomic E-state index is 12.0. The van der Waals surface area contributed by atoms with Gasteiger partial charge < -0.3 is 9.84 Å². The Hall–Kier alpha value is -2.09. The summed E-state index contributed by atoms with van der Waals surface area (Å²) < 4.78 is 32.2. The summed E-state index contributed by atoms with van der Waals surface area (Å²) in [5.41, 5.74) is 1.63. The predicted molar refractivity (Wildman–Crippen MR) is 81.4 cm³/mol. The summed E-state index contributed by atoms with van der Waals surface area (Å²) in [7, 11) is -2.11. The van der Waals surface area contributed by atoms with E-state index >= 15 is 0 Å². The van der Waals surface area contributed by atoms with Crippen LogP contribution in [0.25, 0.3) is 0 Å². The zero-order valence-corrected chi connectivity index (χ0v) is 14.4. The van der Waals surface area contributed by atoms with Gasteiger partial charge in [-0.3, -0.25) is 9.63 Å². The maximum atomic E-state index is 12.0. The highest BCUT2D eigenvalue weighted by atomic mass is 35.5. The van der Waals surface area contributed by atoms with Gasteiger partial charge in [0.05, 0.1) is 13.2 Å². The lowest BCUT2D eigenvalue weighted by Gasteiger charge is -2.11. The number of carbonyl (C=O) groups excluding carboxylic acids is 2. The Balaban J connectivity index is 3.00. The van der Waals surface area contributed by atoms with E-state index < -0.39 is 28.3 Å². The van der Waals surface area contributed by atoms with Crippen LogP contribution in [0, 0.1) is 0 Å². The average Bonchev–Trinajstić information content (AvgIpc) is 2.71. The molecule has 1 heterocycles. The minimum Gasteiger partial charge on any atom is -0.452 e. The van der Waals surface area contributed by atoms with Crippen LogP contribution in [0.5, 0.6) is 0 Å². The van der Waals surface area contributed by atoms with E-state index in [1.807, 2.05) is 10.2 Å². The molecule has 136 valence electrons. The number of amides is 2. The molecule has 1 atom stereocenters. The summed E-state index contributed by atoms with van der Waals surface area (Å²) in [6, 6.07) is 0. The lowest BCUT2D eigenvalue weighted by molar-refractivity contribution is -0.00681. The molecule has 0 radical (unpaired) electrons. The van der Waals surface area contributed by atoms with Gasteiger partial charge in [0.15, 0.2) is 11.0 Å². The third-order valence-corrected chi connectivity index (χ3v) is 3.52. The summed E-state index contributed by atoms with van der Waals surface area (Å²) in [5.74, 6) is -1.24. The molecule has 4 N–H and O–H groups in total. The molecule has 0 aliphatic carbocycles. The third kappa shape index (κ3) is 5.52. The molecule has 1 unspecified atom stereocenters. The minimum absolute atomic E-state index is 0.200. The number of aromatic nitrogens is 2. The van der Waals surface area contributed by atoms with Crippen LogP contribution in [0.1, 0.15) is 17.3 Å². The number of hydroxylamine groups is 1. The van der Waals surface area contributed by atoms with Crippen LogP contribution in [0.15, 0.2) is 0 Å². The molecular weight excluding hydrogens is 370 g/mol. The van der Waals surface area contributed by atoms with Crippen LogP contribution in [0.3, 0.4) is 0 Å². The Morgan fingerprint density at radius 2 is 2.08 bits per heavy atom. The first kappa shape index (κ1) is 20.0. The molecule has 12 nitrogen and oxygen atoms in total. The summed E-state index contributed by atoms with van der Waals surface area (Å²) >= 11 is 5.80. The Morgan fingerprint density at radius 1 is 1.46 bits per heavy atom. The van der Waals surface area contributed by atoms with Crippen LogP contribution in [-0.2, 0) is 26.8 Å². The van der Waals surface area contributed by atoms with E-state index in [0.29, 0.717) is 0 Å². The van der Waals surface area contributed by atoms with E-state index in [9.17, 15) is 18.0 Å². The molecule has 0 aromatic carbocycles. The predicted octanol–water partition coefficient (Wildman–Crippen LogP) is -0.872. The van der Waals surface area contributed by atoms with Crippen molar-refractivity contribution in [1.29, 1.82) is 0 Å². The van der Waals surface area contributed by atoms with Gasteiger partial charge in [0, 0.05) is 7.05 Å². The first-order chi connectivity index (χ1) is 11.1. The van der Waals surface area contributed by atoms with Crippen LogP contribution >= 0.6 is 11.6 Å². The van der Waals surface area contributed by atoms with E-state index in [4.69, 9.17) is 21.5 Å². The number of aliphatic hydroxyl groups is 1. The summed E-state index contributed by atoms with van der Waals surface area (Å²) in [6.07, 6.45) is -2.07. The fourth-order valence-corrected chi connectivity index (χ4v) is 2.52. The number of methoxy groups -OCH3 is 1. The number of carbonyl (C=O) groups is 2. The van der Waals surface area contributed by atoms with Crippen LogP contribution in [0.2, 0.25) is 5.15 Å². The van der Waals surface area contributed by atoms with E-state index in [2.05, 4.69) is 9.84 Å². The number of hydrogen-bond donors (Lipinski definition) is 4. The number of hydrogen-bond acceptors (Lipinski definition) is 8. The molecule has 0 fully saturated rings. The number of halogens is 1. The summed E-state index contributed by atoms with van der Waals surface area (Å²) in [4.78, 5) is 27.8. The highest BCUT2D eigenvalue weighted by molar-refractivity contribution is 7.91. The molecule has 0 aliphatic rings. The first-order valence-corrected chi connectivity index (χ1v) is 8.14. The highest BCUT2D eigenvalue weighted by Crippen LogP contribution is 2.24. The quantitative estimate of drug-likeness (QED) is 0.440. The molecule has 24 heavy (non-hydrogen) atoms. The normalized spacial score (nSPS) is 12.4. The van der Waals surface area contributed by atoms with Crippen LogP contribution < -0.4 is 14.9 Å². The van der Waals surface area contributed by atoms with Crippen molar-refractivity contribution in [3.63, 3.8) is 0 Å². The summed E-state index contributed by atoms with van der Waals surface area (Å²) in [6.45, 7) is 1.23. The second-order valence-corrected chi connectivity index (χ2v) is 6.20. The van der Waals surface area contributed by atoms with E-state index in [1.165, 1.54) is 18.7 Å². The minimum atomic E-state index is -4.40. The van der Waals surface area contributed by atoms with Gasteiger partial charge in [0.2, 0.25) is 0 Å². The molecule has 1 aromatic heterocycles. The molecule has 1 rings (SSSR count). The van der Waals surface area contributed by atoms with Crippen molar-refractivity contribution in [3.8, 4) is 0 Å². The fraction of sp³-hybridized carbons (Fsp3) is 0.500.